The largest absolute Gasteiger partial charge is 0.472 e. The molecule has 0 amide bonds. The van der Waals surface area contributed by atoms with E-state index in [-0.39, 0.29) is 25.7 Å². The van der Waals surface area contributed by atoms with E-state index in [1.807, 2.05) is 30.4 Å². The molecule has 0 saturated carbocycles. The lowest BCUT2D eigenvalue weighted by Crippen LogP contribution is -2.30. The Hall–Kier alpha value is -6.10. The van der Waals surface area contributed by atoms with Crippen molar-refractivity contribution in [1.29, 1.82) is 0 Å². The molecule has 0 aromatic carbocycles. The van der Waals surface area contributed by atoms with Crippen LogP contribution in [0.1, 0.15) is 297 Å². The maximum absolute atomic E-state index is 13.1. The molecule has 3 N–H and O–H groups in total. The number of unbranched alkanes of at least 4 members (excludes halogenated alkanes) is 18. The number of carbonyl (C=O) groups is 4. The Morgan fingerprint density at radius 1 is 0.264 bits per heavy atom. The second-order valence-corrected chi connectivity index (χ2v) is 29.9. The Kier molecular flexibility index (Phi) is 76.4. The lowest BCUT2D eigenvalue weighted by Gasteiger charge is -2.21. The number of phosphoric acid groups is 2. The van der Waals surface area contributed by atoms with Crippen molar-refractivity contribution in [3.8, 4) is 0 Å². The van der Waals surface area contributed by atoms with Gasteiger partial charge in [-0.15, -0.1) is 0 Å². The number of esters is 4. The Morgan fingerprint density at radius 3 is 0.818 bits per heavy atom. The van der Waals surface area contributed by atoms with Crippen molar-refractivity contribution in [2.45, 2.75) is 316 Å². The third-order valence-corrected chi connectivity index (χ3v) is 18.4. The number of hydrogen-bond donors (Lipinski definition) is 3. The number of hydrogen-bond acceptors (Lipinski definition) is 15. The Morgan fingerprint density at radius 2 is 0.500 bits per heavy atom. The summed E-state index contributed by atoms with van der Waals surface area (Å²) in [5.74, 6) is -2.41. The standard InChI is InChI=1S/C91H146O17P2/c1-5-9-13-17-21-25-29-33-37-40-42-45-48-52-56-60-64-68-72-76-89(94)102-82-87(108-91(96)78-74-70-66-62-58-54-50-46-43-41-38-34-30-26-22-18-14-10-6-2)84-106-110(99,100)104-80-85(92)79-103-109(97,98)105-83-86(81-101-88(93)75-71-67-63-59-55-51-47-36-32-28-24-20-16-12-8-4)107-90(95)77-73-69-65-61-57-53-49-44-39-35-31-27-23-19-15-11-7-3/h9,13,21-28,33-39,42-43,45-47,49,52-54,56,58,61,65-66,70,85-87,92H,5-8,10-12,14-20,29-32,40-41,44,48,50-51,55,57,59-60,62-64,67-69,71-84H2,1-4H3,(H,97,98)(H,99,100)/b13-9-,25-21-,26-22-,27-23-,28-24-,37-33-,38-34-,39-35-,45-42-,46-43-,47-36-,53-49-,56-52-,58-54-,65-61-,70-66-/t85-,86+,87+/m0/s1. The molecule has 19 heteroatoms. The SMILES string of the molecule is CC/C=C\C/C=C\C/C=C\C/C=C\C/C=C\CCCCCC(=O)OC[C@H](COP(=O)(O)OC[C@@H](O)COP(=O)(O)OC[C@@H](COC(=O)CCCCCCC/C=C\C/C=C\CCCCC)OC(=O)CCC/C=C\C/C=C\C/C=C\C/C=C\CCCCC)OC(=O)CC/C=C\C/C=C\C/C=C\C/C=C\C/C=C\CCCCC. The normalized spacial score (nSPS) is 14.8. The van der Waals surface area contributed by atoms with Gasteiger partial charge in [0, 0.05) is 25.7 Å². The molecule has 5 atom stereocenters. The van der Waals surface area contributed by atoms with Gasteiger partial charge in [0.25, 0.3) is 0 Å². The average Bonchev–Trinajstić information content (AvgIpc) is 0.907. The lowest BCUT2D eigenvalue weighted by molar-refractivity contribution is -0.161. The first-order chi connectivity index (χ1) is 53.7. The van der Waals surface area contributed by atoms with Crippen LogP contribution in [-0.4, -0.2) is 96.7 Å². The van der Waals surface area contributed by atoms with Crippen LogP contribution in [0.3, 0.4) is 0 Å². The maximum Gasteiger partial charge on any atom is 0.472 e. The van der Waals surface area contributed by atoms with Crippen molar-refractivity contribution in [2.24, 2.45) is 0 Å². The number of allylic oxidation sites excluding steroid dienone is 32. The Bertz CT molecular complexity index is 2850. The van der Waals surface area contributed by atoms with Gasteiger partial charge in [-0.05, 0) is 180 Å². The number of ether oxygens (including phenoxy) is 4. The summed E-state index contributed by atoms with van der Waals surface area (Å²) in [7, 11) is -10.0. The molecule has 0 rings (SSSR count). The molecule has 0 spiro atoms. The minimum Gasteiger partial charge on any atom is -0.462 e. The van der Waals surface area contributed by atoms with Gasteiger partial charge in [-0.25, -0.2) is 9.13 Å². The summed E-state index contributed by atoms with van der Waals surface area (Å²) in [5, 5.41) is 10.7. The van der Waals surface area contributed by atoms with Gasteiger partial charge in [0.05, 0.1) is 26.4 Å². The van der Waals surface area contributed by atoms with E-state index < -0.39 is 97.5 Å². The highest BCUT2D eigenvalue weighted by Crippen LogP contribution is 2.45. The van der Waals surface area contributed by atoms with Crippen molar-refractivity contribution >= 4 is 39.5 Å². The zero-order valence-corrected chi connectivity index (χ0v) is 69.9. The molecule has 0 aromatic heterocycles. The van der Waals surface area contributed by atoms with Crippen molar-refractivity contribution in [3.05, 3.63) is 194 Å². The Balaban J connectivity index is 5.57. The van der Waals surface area contributed by atoms with Gasteiger partial charge < -0.3 is 33.8 Å². The Labute approximate surface area is 666 Å². The van der Waals surface area contributed by atoms with E-state index in [9.17, 15) is 43.2 Å². The minimum absolute atomic E-state index is 0.00634. The van der Waals surface area contributed by atoms with Gasteiger partial charge in [-0.2, -0.15) is 0 Å². The first-order valence-corrected chi connectivity index (χ1v) is 44.7. The predicted octanol–water partition coefficient (Wildman–Crippen LogP) is 24.9. The number of rotatable bonds is 76. The second-order valence-electron chi connectivity index (χ2n) is 27.0. The quantitative estimate of drug-likeness (QED) is 0.0169. The van der Waals surface area contributed by atoms with Crippen LogP contribution >= 0.6 is 15.6 Å². The summed E-state index contributed by atoms with van der Waals surface area (Å²) in [6.07, 6.45) is 99.9. The van der Waals surface area contributed by atoms with E-state index in [0.717, 1.165) is 148 Å². The minimum atomic E-state index is -5.02. The summed E-state index contributed by atoms with van der Waals surface area (Å²) in [4.78, 5) is 73.1. The molecule has 0 aliphatic heterocycles. The summed E-state index contributed by atoms with van der Waals surface area (Å²) in [5.41, 5.74) is 0. The zero-order chi connectivity index (χ0) is 80.3. The van der Waals surface area contributed by atoms with Crippen LogP contribution in [0.4, 0.5) is 0 Å². The fourth-order valence-electron chi connectivity index (χ4n) is 10.2. The number of carbonyl (C=O) groups excluding carboxylic acids is 4. The van der Waals surface area contributed by atoms with E-state index in [4.69, 9.17) is 37.0 Å². The number of phosphoric ester groups is 2. The fraction of sp³-hybridized carbons (Fsp3) is 0.604. The summed E-state index contributed by atoms with van der Waals surface area (Å²) in [6.45, 7) is 4.46. The molecule has 0 saturated heterocycles. The molecule has 2 unspecified atom stereocenters. The molecule has 0 radical (unpaired) electrons. The molecular formula is C91H146O17P2. The molecule has 0 bridgehead atoms. The third-order valence-electron chi connectivity index (χ3n) is 16.5. The van der Waals surface area contributed by atoms with Crippen LogP contribution in [0.5, 0.6) is 0 Å². The second kappa shape index (κ2) is 80.9. The fourth-order valence-corrected chi connectivity index (χ4v) is 11.8. The van der Waals surface area contributed by atoms with Crippen LogP contribution in [0.15, 0.2) is 194 Å². The first kappa shape index (κ1) is 104. The molecule has 110 heavy (non-hydrogen) atoms. The summed E-state index contributed by atoms with van der Waals surface area (Å²) < 4.78 is 68.5. The van der Waals surface area contributed by atoms with Gasteiger partial charge >= 0.3 is 39.5 Å². The van der Waals surface area contributed by atoms with Crippen molar-refractivity contribution in [3.63, 3.8) is 0 Å². The van der Waals surface area contributed by atoms with Crippen LogP contribution in [-0.2, 0) is 65.4 Å². The van der Waals surface area contributed by atoms with Crippen LogP contribution in [0.2, 0.25) is 0 Å². The van der Waals surface area contributed by atoms with Gasteiger partial charge in [0.15, 0.2) is 12.2 Å². The van der Waals surface area contributed by atoms with Crippen molar-refractivity contribution < 1.29 is 80.2 Å². The number of aliphatic hydroxyl groups excluding tert-OH is 1. The summed E-state index contributed by atoms with van der Waals surface area (Å²) >= 11 is 0. The van der Waals surface area contributed by atoms with Crippen LogP contribution in [0, 0.1) is 0 Å². The van der Waals surface area contributed by atoms with Crippen LogP contribution in [0.25, 0.3) is 0 Å². The van der Waals surface area contributed by atoms with Crippen molar-refractivity contribution in [2.75, 3.05) is 39.6 Å². The zero-order valence-electron chi connectivity index (χ0n) is 68.1. The highest BCUT2D eigenvalue weighted by molar-refractivity contribution is 7.47. The van der Waals surface area contributed by atoms with E-state index in [0.29, 0.717) is 38.5 Å². The average molecular weight is 1570 g/mol. The molecule has 17 nitrogen and oxygen atoms in total. The van der Waals surface area contributed by atoms with Gasteiger partial charge in [-0.1, -0.05) is 286 Å². The maximum atomic E-state index is 13.1. The van der Waals surface area contributed by atoms with E-state index in [1.165, 1.54) is 57.8 Å². The van der Waals surface area contributed by atoms with E-state index >= 15 is 0 Å². The van der Waals surface area contributed by atoms with Gasteiger partial charge in [-0.3, -0.25) is 37.3 Å². The molecule has 0 fully saturated rings. The third kappa shape index (κ3) is 80.0. The smallest absolute Gasteiger partial charge is 0.462 e. The molecular weight excluding hydrogens is 1430 g/mol. The topological polar surface area (TPSA) is 237 Å². The van der Waals surface area contributed by atoms with Gasteiger partial charge in [0.1, 0.15) is 19.3 Å². The highest BCUT2D eigenvalue weighted by atomic mass is 31.2. The first-order valence-electron chi connectivity index (χ1n) is 41.7. The predicted molar refractivity (Wildman–Crippen MR) is 454 cm³/mol. The molecule has 0 aliphatic carbocycles. The monoisotopic (exact) mass is 1570 g/mol. The lowest BCUT2D eigenvalue weighted by atomic mass is 10.1. The molecule has 0 aliphatic rings. The molecule has 622 valence electrons. The van der Waals surface area contributed by atoms with Crippen molar-refractivity contribution in [1.82, 2.24) is 0 Å². The van der Waals surface area contributed by atoms with Gasteiger partial charge in [0.2, 0.25) is 0 Å². The van der Waals surface area contributed by atoms with E-state index in [2.05, 4.69) is 192 Å². The van der Waals surface area contributed by atoms with Crippen LogP contribution < -0.4 is 0 Å². The number of aliphatic hydroxyl groups is 1. The van der Waals surface area contributed by atoms with E-state index in [1.54, 1.807) is 0 Å². The summed E-state index contributed by atoms with van der Waals surface area (Å²) in [6, 6.07) is 0. The molecule has 0 aromatic rings. The molecule has 0 heterocycles. The highest BCUT2D eigenvalue weighted by Gasteiger charge is 2.30.